The molecular formula is C21H23N3O2. The van der Waals surface area contributed by atoms with Crippen LogP contribution in [0.5, 0.6) is 5.75 Å². The molecule has 26 heavy (non-hydrogen) atoms. The van der Waals surface area contributed by atoms with Gasteiger partial charge in [-0.25, -0.2) is 0 Å². The highest BCUT2D eigenvalue weighted by Crippen LogP contribution is 2.15. The van der Waals surface area contributed by atoms with E-state index in [9.17, 15) is 4.79 Å². The quantitative estimate of drug-likeness (QED) is 0.676. The van der Waals surface area contributed by atoms with Crippen molar-refractivity contribution in [1.29, 1.82) is 0 Å². The van der Waals surface area contributed by atoms with Gasteiger partial charge in [-0.3, -0.25) is 9.89 Å². The normalized spacial score (nSPS) is 10.5. The van der Waals surface area contributed by atoms with Crippen LogP contribution >= 0.6 is 0 Å². The number of amides is 1. The molecule has 0 radical (unpaired) electrons. The van der Waals surface area contributed by atoms with Crippen molar-refractivity contribution in [2.24, 2.45) is 0 Å². The number of aromatic nitrogens is 2. The fraction of sp³-hybridized carbons (Fsp3) is 0.238. The number of rotatable bonds is 8. The Morgan fingerprint density at radius 1 is 1.00 bits per heavy atom. The molecule has 0 aliphatic carbocycles. The molecule has 1 heterocycles. The monoisotopic (exact) mass is 349 g/mol. The van der Waals surface area contributed by atoms with Crippen molar-refractivity contribution < 1.29 is 9.53 Å². The van der Waals surface area contributed by atoms with E-state index in [-0.39, 0.29) is 5.91 Å². The van der Waals surface area contributed by atoms with E-state index in [0.29, 0.717) is 25.9 Å². The lowest BCUT2D eigenvalue weighted by Crippen LogP contribution is -2.30. The number of benzene rings is 2. The number of hydrogen-bond donors (Lipinski definition) is 1. The molecule has 5 heteroatoms. The molecular weight excluding hydrogens is 326 g/mol. The van der Waals surface area contributed by atoms with Crippen LogP contribution in [0.4, 0.5) is 0 Å². The van der Waals surface area contributed by atoms with E-state index >= 15 is 0 Å². The van der Waals surface area contributed by atoms with Gasteiger partial charge < -0.3 is 9.64 Å². The topological polar surface area (TPSA) is 58.2 Å². The van der Waals surface area contributed by atoms with Gasteiger partial charge in [0, 0.05) is 19.2 Å². The van der Waals surface area contributed by atoms with Gasteiger partial charge >= 0.3 is 0 Å². The van der Waals surface area contributed by atoms with Crippen LogP contribution in [0.25, 0.3) is 0 Å². The summed E-state index contributed by atoms with van der Waals surface area (Å²) in [6, 6.07) is 19.8. The van der Waals surface area contributed by atoms with E-state index in [1.54, 1.807) is 13.3 Å². The maximum atomic E-state index is 12.8. The highest BCUT2D eigenvalue weighted by molar-refractivity contribution is 5.76. The lowest BCUT2D eigenvalue weighted by atomic mass is 10.1. The number of ether oxygens (including phenoxy) is 1. The molecule has 1 aromatic heterocycles. The Morgan fingerprint density at radius 3 is 2.42 bits per heavy atom. The summed E-state index contributed by atoms with van der Waals surface area (Å²) in [6.45, 7) is 1.11. The van der Waals surface area contributed by atoms with Crippen molar-refractivity contribution in [3.8, 4) is 5.75 Å². The molecule has 0 unspecified atom stereocenters. The number of nitrogens with zero attached hydrogens (tertiary/aromatic N) is 2. The predicted octanol–water partition coefficient (Wildman–Crippen LogP) is 3.58. The molecule has 5 nitrogen and oxygen atoms in total. The lowest BCUT2D eigenvalue weighted by molar-refractivity contribution is -0.132. The van der Waals surface area contributed by atoms with Gasteiger partial charge in [0.25, 0.3) is 0 Å². The standard InChI is InChI=1S/C21H23N3O2/c1-26-20-10-7-17(8-11-20)9-12-21(25)24(16-19-13-14-22-23-19)15-18-5-3-2-4-6-18/h2-8,10-11,13-14H,9,12,15-16H2,1H3,(H,22,23). The lowest BCUT2D eigenvalue weighted by Gasteiger charge is -2.22. The summed E-state index contributed by atoms with van der Waals surface area (Å²) in [4.78, 5) is 14.7. The first-order valence-corrected chi connectivity index (χ1v) is 8.67. The molecule has 1 N–H and O–H groups in total. The Balaban J connectivity index is 1.65. The molecule has 1 amide bonds. The minimum absolute atomic E-state index is 0.124. The first-order valence-electron chi connectivity index (χ1n) is 8.67. The fourth-order valence-electron chi connectivity index (χ4n) is 2.82. The van der Waals surface area contributed by atoms with Crippen LogP contribution < -0.4 is 4.74 Å². The minimum Gasteiger partial charge on any atom is -0.497 e. The summed E-state index contributed by atoms with van der Waals surface area (Å²) in [5.74, 6) is 0.948. The van der Waals surface area contributed by atoms with Gasteiger partial charge in [0.2, 0.25) is 5.91 Å². The average molecular weight is 349 g/mol. The Hall–Kier alpha value is -3.08. The second-order valence-electron chi connectivity index (χ2n) is 6.17. The SMILES string of the molecule is COc1ccc(CCC(=O)N(Cc2ccccc2)Cc2ccn[nH]2)cc1. The summed E-state index contributed by atoms with van der Waals surface area (Å²) in [7, 11) is 1.65. The zero-order chi connectivity index (χ0) is 18.2. The number of methoxy groups -OCH3 is 1. The van der Waals surface area contributed by atoms with Gasteiger partial charge in [0.15, 0.2) is 0 Å². The molecule has 0 saturated heterocycles. The third kappa shape index (κ3) is 4.96. The third-order valence-corrected chi connectivity index (χ3v) is 4.28. The maximum absolute atomic E-state index is 12.8. The largest absolute Gasteiger partial charge is 0.497 e. The van der Waals surface area contributed by atoms with Crippen molar-refractivity contribution in [3.05, 3.63) is 83.7 Å². The molecule has 134 valence electrons. The Morgan fingerprint density at radius 2 is 1.77 bits per heavy atom. The first-order chi connectivity index (χ1) is 12.7. The van der Waals surface area contributed by atoms with E-state index in [1.807, 2.05) is 65.6 Å². The van der Waals surface area contributed by atoms with Crippen molar-refractivity contribution in [1.82, 2.24) is 15.1 Å². The Kier molecular flexibility index (Phi) is 6.04. The fourth-order valence-corrected chi connectivity index (χ4v) is 2.82. The van der Waals surface area contributed by atoms with Crippen LogP contribution in [0.1, 0.15) is 23.2 Å². The molecule has 0 atom stereocenters. The second-order valence-corrected chi connectivity index (χ2v) is 6.17. The summed E-state index contributed by atoms with van der Waals surface area (Å²) in [6.07, 6.45) is 2.88. The number of H-pyrrole nitrogens is 1. The van der Waals surface area contributed by atoms with Crippen molar-refractivity contribution in [3.63, 3.8) is 0 Å². The number of nitrogens with one attached hydrogen (secondary N) is 1. The van der Waals surface area contributed by atoms with E-state index in [2.05, 4.69) is 10.2 Å². The summed E-state index contributed by atoms with van der Waals surface area (Å²) in [5.41, 5.74) is 3.17. The van der Waals surface area contributed by atoms with Crippen molar-refractivity contribution in [2.75, 3.05) is 7.11 Å². The minimum atomic E-state index is 0.124. The molecule has 0 fully saturated rings. The van der Waals surface area contributed by atoms with Crippen LogP contribution in [0.15, 0.2) is 66.9 Å². The van der Waals surface area contributed by atoms with Crippen molar-refractivity contribution >= 4 is 5.91 Å². The molecule has 0 bridgehead atoms. The maximum Gasteiger partial charge on any atom is 0.223 e. The van der Waals surface area contributed by atoms with E-state index in [1.165, 1.54) is 0 Å². The van der Waals surface area contributed by atoms with Crippen LogP contribution in [0, 0.1) is 0 Å². The average Bonchev–Trinajstić information content (AvgIpc) is 3.20. The van der Waals surface area contributed by atoms with E-state index in [4.69, 9.17) is 4.74 Å². The molecule has 0 spiro atoms. The number of aryl methyl sites for hydroxylation is 1. The number of hydrogen-bond acceptors (Lipinski definition) is 3. The third-order valence-electron chi connectivity index (χ3n) is 4.28. The summed E-state index contributed by atoms with van der Waals surface area (Å²) >= 11 is 0. The van der Waals surface area contributed by atoms with Crippen LogP contribution in [-0.2, 0) is 24.3 Å². The second kappa shape index (κ2) is 8.85. The molecule has 3 aromatic rings. The van der Waals surface area contributed by atoms with Gasteiger partial charge in [-0.1, -0.05) is 42.5 Å². The number of carbonyl (C=O) groups excluding carboxylic acids is 1. The smallest absolute Gasteiger partial charge is 0.223 e. The molecule has 0 saturated carbocycles. The van der Waals surface area contributed by atoms with Gasteiger partial charge in [-0.05, 0) is 35.7 Å². The Labute approximate surface area is 153 Å². The Bertz CT molecular complexity index is 799. The molecule has 0 aliphatic heterocycles. The van der Waals surface area contributed by atoms with Crippen LogP contribution in [-0.4, -0.2) is 28.1 Å². The van der Waals surface area contributed by atoms with Gasteiger partial charge in [0.1, 0.15) is 5.75 Å². The molecule has 2 aromatic carbocycles. The zero-order valence-corrected chi connectivity index (χ0v) is 14.9. The van der Waals surface area contributed by atoms with E-state index < -0.39 is 0 Å². The molecule has 0 aliphatic rings. The molecule has 3 rings (SSSR count). The van der Waals surface area contributed by atoms with Crippen molar-refractivity contribution in [2.45, 2.75) is 25.9 Å². The predicted molar refractivity (Wildman–Crippen MR) is 101 cm³/mol. The van der Waals surface area contributed by atoms with Crippen LogP contribution in [0.3, 0.4) is 0 Å². The highest BCUT2D eigenvalue weighted by Gasteiger charge is 2.15. The van der Waals surface area contributed by atoms with Gasteiger partial charge in [-0.2, -0.15) is 5.10 Å². The zero-order valence-electron chi connectivity index (χ0n) is 14.9. The highest BCUT2D eigenvalue weighted by atomic mass is 16.5. The van der Waals surface area contributed by atoms with Crippen LogP contribution in [0.2, 0.25) is 0 Å². The van der Waals surface area contributed by atoms with E-state index in [0.717, 1.165) is 22.6 Å². The number of carbonyl (C=O) groups is 1. The first kappa shape index (κ1) is 17.7. The van der Waals surface area contributed by atoms with Gasteiger partial charge in [0.05, 0.1) is 19.3 Å². The summed E-state index contributed by atoms with van der Waals surface area (Å²) < 4.78 is 5.17. The van der Waals surface area contributed by atoms with Gasteiger partial charge in [-0.15, -0.1) is 0 Å². The summed E-state index contributed by atoms with van der Waals surface area (Å²) in [5, 5.41) is 6.91. The number of aromatic amines is 1.